The number of rotatable bonds is 13. The summed E-state index contributed by atoms with van der Waals surface area (Å²) in [4.78, 5) is 29.5. The lowest BCUT2D eigenvalue weighted by Gasteiger charge is -2.33. The molecular weight excluding hydrogens is 548 g/mol. The smallest absolute Gasteiger partial charge is 0.326 e. The Morgan fingerprint density at radius 2 is 1.73 bits per heavy atom. The first-order chi connectivity index (χ1) is 19.7. The molecule has 4 aromatic rings. The topological polar surface area (TPSA) is 93.5 Å². The molecule has 0 saturated heterocycles. The van der Waals surface area contributed by atoms with Crippen LogP contribution in [0.25, 0.3) is 0 Å². The highest BCUT2D eigenvalue weighted by atomic mass is 32.2. The number of carbonyl (C=O) groups is 2. The predicted molar refractivity (Wildman–Crippen MR) is 154 cm³/mol. The van der Waals surface area contributed by atoms with Crippen molar-refractivity contribution in [3.63, 3.8) is 0 Å². The van der Waals surface area contributed by atoms with Gasteiger partial charge in [0.1, 0.15) is 23.4 Å². The molecule has 0 saturated carbocycles. The fourth-order valence-corrected chi connectivity index (χ4v) is 4.94. The number of imidazole rings is 1. The molecule has 3 aromatic carbocycles. The highest BCUT2D eigenvalue weighted by molar-refractivity contribution is 7.98. The van der Waals surface area contributed by atoms with Crippen LogP contribution in [0.4, 0.5) is 8.78 Å². The van der Waals surface area contributed by atoms with E-state index in [1.807, 2.05) is 6.26 Å². The van der Waals surface area contributed by atoms with Crippen LogP contribution < -0.4 is 10.1 Å². The van der Waals surface area contributed by atoms with Crippen molar-refractivity contribution in [2.45, 2.75) is 38.0 Å². The summed E-state index contributed by atoms with van der Waals surface area (Å²) in [5.41, 5.74) is 1.35. The van der Waals surface area contributed by atoms with Crippen LogP contribution in [0.2, 0.25) is 0 Å². The molecule has 0 spiro atoms. The molecule has 0 radical (unpaired) electrons. The number of carboxylic acid groups (broad SMARTS) is 1. The van der Waals surface area contributed by atoms with Crippen molar-refractivity contribution < 1.29 is 28.2 Å². The number of carboxylic acids is 1. The molecule has 2 N–H and O–H groups in total. The summed E-state index contributed by atoms with van der Waals surface area (Å²) in [6.07, 6.45) is 8.03. The Kier molecular flexibility index (Phi) is 9.78. The Labute approximate surface area is 241 Å². The van der Waals surface area contributed by atoms with Gasteiger partial charge < -0.3 is 15.2 Å². The van der Waals surface area contributed by atoms with Crippen molar-refractivity contribution in [2.75, 3.05) is 12.0 Å². The number of nitrogens with one attached hydrogen (secondary N) is 1. The fourth-order valence-electron chi connectivity index (χ4n) is 4.47. The van der Waals surface area contributed by atoms with Crippen molar-refractivity contribution in [3.8, 4) is 5.75 Å². The minimum atomic E-state index is -1.14. The van der Waals surface area contributed by atoms with Gasteiger partial charge in [0.05, 0.1) is 6.33 Å². The number of aryl methyl sites for hydroxylation is 2. The molecule has 0 aliphatic rings. The van der Waals surface area contributed by atoms with Gasteiger partial charge in [0.25, 0.3) is 5.91 Å². The summed E-state index contributed by atoms with van der Waals surface area (Å²) in [7, 11) is 0. The summed E-state index contributed by atoms with van der Waals surface area (Å²) in [5.74, 6) is -1.46. The first kappa shape index (κ1) is 29.8. The van der Waals surface area contributed by atoms with Crippen LogP contribution in [0.3, 0.4) is 0 Å². The number of ether oxygens (including phenoxy) is 1. The van der Waals surface area contributed by atoms with E-state index in [1.54, 1.807) is 72.7 Å². The van der Waals surface area contributed by atoms with E-state index in [-0.39, 0.29) is 23.6 Å². The Bertz CT molecular complexity index is 1460. The number of nitrogens with zero attached hydrogens (tertiary/aromatic N) is 2. The lowest BCUT2D eigenvalue weighted by Crippen LogP contribution is -2.41. The molecule has 1 amide bonds. The molecule has 4 rings (SSSR count). The molecular formula is C31H31F2N3O4S. The number of hydrogen-bond donors (Lipinski definition) is 2. The Hall–Kier alpha value is -4.18. The zero-order valence-corrected chi connectivity index (χ0v) is 23.5. The van der Waals surface area contributed by atoms with E-state index in [0.717, 1.165) is 5.56 Å². The van der Waals surface area contributed by atoms with Crippen molar-refractivity contribution >= 4 is 23.6 Å². The normalized spacial score (nSPS) is 13.3. The SMILES string of the molecule is CSCC[C@H](NC(=O)c1cc(OC(C)(c2ccc(F)cc2)n2ccnc2)ccc1CCc1ccc(F)cc1)C(=O)O. The van der Waals surface area contributed by atoms with Crippen LogP contribution in [0.1, 0.15) is 40.4 Å². The maximum Gasteiger partial charge on any atom is 0.326 e. The van der Waals surface area contributed by atoms with E-state index in [4.69, 9.17) is 4.74 Å². The Balaban J connectivity index is 1.69. The molecule has 2 atom stereocenters. The minimum absolute atomic E-state index is 0.270. The largest absolute Gasteiger partial charge is 0.480 e. The van der Waals surface area contributed by atoms with E-state index >= 15 is 0 Å². The average Bonchev–Trinajstić information content (AvgIpc) is 3.51. The Morgan fingerprint density at radius 1 is 1.05 bits per heavy atom. The second-order valence-electron chi connectivity index (χ2n) is 9.65. The Morgan fingerprint density at radius 3 is 2.34 bits per heavy atom. The van der Waals surface area contributed by atoms with Gasteiger partial charge in [-0.25, -0.2) is 18.6 Å². The number of benzene rings is 3. The monoisotopic (exact) mass is 579 g/mol. The van der Waals surface area contributed by atoms with Crippen LogP contribution >= 0.6 is 11.8 Å². The molecule has 0 aliphatic heterocycles. The maximum absolute atomic E-state index is 13.7. The number of halogens is 2. The number of thioether (sulfide) groups is 1. The molecule has 214 valence electrons. The van der Waals surface area contributed by atoms with Gasteiger partial charge in [0.15, 0.2) is 0 Å². The molecule has 0 aliphatic carbocycles. The van der Waals surface area contributed by atoms with E-state index in [2.05, 4.69) is 10.3 Å². The van der Waals surface area contributed by atoms with Crippen LogP contribution in [0.15, 0.2) is 85.5 Å². The zero-order chi connectivity index (χ0) is 29.4. The molecule has 1 heterocycles. The summed E-state index contributed by atoms with van der Waals surface area (Å²) in [6, 6.07) is 16.1. The summed E-state index contributed by atoms with van der Waals surface area (Å²) in [6.45, 7) is 1.80. The third-order valence-electron chi connectivity index (χ3n) is 6.83. The van der Waals surface area contributed by atoms with Gasteiger partial charge in [0.2, 0.25) is 5.72 Å². The molecule has 1 unspecified atom stereocenters. The summed E-state index contributed by atoms with van der Waals surface area (Å²) in [5, 5.41) is 12.3. The number of amides is 1. The highest BCUT2D eigenvalue weighted by Crippen LogP contribution is 2.32. The van der Waals surface area contributed by atoms with Gasteiger partial charge in [-0.05, 0) is 85.7 Å². The van der Waals surface area contributed by atoms with Crippen LogP contribution in [-0.4, -0.2) is 44.6 Å². The van der Waals surface area contributed by atoms with Crippen molar-refractivity contribution in [3.05, 3.63) is 119 Å². The number of hydrogen-bond acceptors (Lipinski definition) is 5. The number of carbonyl (C=O) groups excluding carboxylic acids is 1. The van der Waals surface area contributed by atoms with Gasteiger partial charge >= 0.3 is 5.97 Å². The van der Waals surface area contributed by atoms with Crippen molar-refractivity contribution in [2.24, 2.45) is 0 Å². The van der Waals surface area contributed by atoms with Gasteiger partial charge in [0, 0.05) is 23.5 Å². The lowest BCUT2D eigenvalue weighted by molar-refractivity contribution is -0.139. The molecule has 0 bridgehead atoms. The second-order valence-corrected chi connectivity index (χ2v) is 10.6. The molecule has 7 nitrogen and oxygen atoms in total. The van der Waals surface area contributed by atoms with Gasteiger partial charge in [-0.1, -0.05) is 30.3 Å². The zero-order valence-electron chi connectivity index (χ0n) is 22.7. The number of aromatic nitrogens is 2. The second kappa shape index (κ2) is 13.5. The van der Waals surface area contributed by atoms with E-state index in [1.165, 1.54) is 36.0 Å². The van der Waals surface area contributed by atoms with Gasteiger partial charge in [-0.3, -0.25) is 9.36 Å². The van der Waals surface area contributed by atoms with Gasteiger partial charge in [-0.2, -0.15) is 11.8 Å². The number of aliphatic carboxylic acids is 1. The molecule has 0 fully saturated rings. The minimum Gasteiger partial charge on any atom is -0.480 e. The predicted octanol–water partition coefficient (Wildman–Crippen LogP) is 5.68. The maximum atomic E-state index is 13.7. The molecule has 10 heteroatoms. The van der Waals surface area contributed by atoms with Crippen LogP contribution in [-0.2, 0) is 23.4 Å². The third-order valence-corrected chi connectivity index (χ3v) is 7.47. The quantitative estimate of drug-likeness (QED) is 0.212. The fraction of sp³-hybridized carbons (Fsp3) is 0.258. The summed E-state index contributed by atoms with van der Waals surface area (Å²) < 4.78 is 35.3. The van der Waals surface area contributed by atoms with Crippen molar-refractivity contribution in [1.82, 2.24) is 14.9 Å². The molecule has 1 aromatic heterocycles. The highest BCUT2D eigenvalue weighted by Gasteiger charge is 2.32. The lowest BCUT2D eigenvalue weighted by atomic mass is 9.98. The molecule has 41 heavy (non-hydrogen) atoms. The van der Waals surface area contributed by atoms with Crippen molar-refractivity contribution in [1.29, 1.82) is 0 Å². The van der Waals surface area contributed by atoms with Gasteiger partial charge in [-0.15, -0.1) is 0 Å². The standard InChI is InChI=1S/C31H31F2N3O4S/c1-31(36-17-16-34-20-36,23-8-12-25(33)13-9-23)40-26-14-7-22(6-3-21-4-10-24(32)11-5-21)27(19-26)29(37)35-28(30(38)39)15-18-41-2/h4-5,7-14,16-17,19-20,28H,3,6,15,18H2,1-2H3,(H,35,37)(H,38,39)/t28-,31?/m0/s1. The van der Waals surface area contributed by atoms with E-state index in [0.29, 0.717) is 35.5 Å². The average molecular weight is 580 g/mol. The van der Waals surface area contributed by atoms with Crippen LogP contribution in [0, 0.1) is 11.6 Å². The first-order valence-corrected chi connectivity index (χ1v) is 14.4. The third kappa shape index (κ3) is 7.52. The van der Waals surface area contributed by atoms with E-state index in [9.17, 15) is 23.5 Å². The van der Waals surface area contributed by atoms with E-state index < -0.39 is 23.6 Å². The van der Waals surface area contributed by atoms with Crippen LogP contribution in [0.5, 0.6) is 5.75 Å². The summed E-state index contributed by atoms with van der Waals surface area (Å²) >= 11 is 1.49. The first-order valence-electron chi connectivity index (χ1n) is 13.0.